The maximum absolute atomic E-state index is 13.1. The molecular weight excluding hydrogens is 394 g/mol. The standard InChI is InChI=1S/C23H29N5O3/c1-15(2)20(22(30)24-17-9-10-17)25-21(29)18-13-19-23(31)27(11-6-12-28(19)26-18)14-16-7-4-3-5-8-16/h3-5,7-8,13,15,17,20H,6,9-12,14H2,1-2H3,(H,24,30)(H,25,29). The summed E-state index contributed by atoms with van der Waals surface area (Å²) in [5.74, 6) is -0.810. The van der Waals surface area contributed by atoms with E-state index < -0.39 is 11.9 Å². The molecule has 1 aliphatic carbocycles. The Balaban J connectivity index is 1.48. The summed E-state index contributed by atoms with van der Waals surface area (Å²) in [7, 11) is 0. The number of hydrogen-bond donors (Lipinski definition) is 2. The summed E-state index contributed by atoms with van der Waals surface area (Å²) in [5.41, 5.74) is 1.63. The van der Waals surface area contributed by atoms with Crippen molar-refractivity contribution in [2.24, 2.45) is 5.92 Å². The first-order valence-corrected chi connectivity index (χ1v) is 10.9. The molecule has 2 N–H and O–H groups in total. The van der Waals surface area contributed by atoms with Crippen LogP contribution in [0.25, 0.3) is 0 Å². The van der Waals surface area contributed by atoms with Crippen molar-refractivity contribution >= 4 is 17.7 Å². The number of nitrogens with one attached hydrogen (secondary N) is 2. The zero-order chi connectivity index (χ0) is 22.0. The lowest BCUT2D eigenvalue weighted by atomic mass is 10.0. The van der Waals surface area contributed by atoms with Crippen LogP contribution in [0.2, 0.25) is 0 Å². The third-order valence-electron chi connectivity index (χ3n) is 5.69. The molecule has 164 valence electrons. The van der Waals surface area contributed by atoms with Gasteiger partial charge in [-0.2, -0.15) is 5.10 Å². The fourth-order valence-electron chi connectivity index (χ4n) is 3.77. The number of amides is 3. The van der Waals surface area contributed by atoms with E-state index in [9.17, 15) is 14.4 Å². The van der Waals surface area contributed by atoms with Gasteiger partial charge in [0, 0.05) is 31.7 Å². The second-order valence-corrected chi connectivity index (χ2v) is 8.68. The molecule has 1 unspecified atom stereocenters. The molecule has 0 spiro atoms. The molecule has 2 heterocycles. The fourth-order valence-corrected chi connectivity index (χ4v) is 3.77. The van der Waals surface area contributed by atoms with Crippen molar-refractivity contribution in [2.45, 2.75) is 58.3 Å². The summed E-state index contributed by atoms with van der Waals surface area (Å²) in [6.45, 7) is 5.50. The van der Waals surface area contributed by atoms with Crippen molar-refractivity contribution in [3.05, 3.63) is 53.3 Å². The Labute approximate surface area is 182 Å². The van der Waals surface area contributed by atoms with Crippen LogP contribution in [-0.2, 0) is 17.9 Å². The van der Waals surface area contributed by atoms with E-state index in [-0.39, 0.29) is 29.5 Å². The van der Waals surface area contributed by atoms with E-state index in [1.165, 1.54) is 6.07 Å². The zero-order valence-electron chi connectivity index (χ0n) is 18.0. The maximum Gasteiger partial charge on any atom is 0.272 e. The second-order valence-electron chi connectivity index (χ2n) is 8.68. The Kier molecular flexibility index (Phi) is 6.06. The highest BCUT2D eigenvalue weighted by Gasteiger charge is 2.32. The number of aromatic nitrogens is 2. The van der Waals surface area contributed by atoms with Crippen LogP contribution < -0.4 is 10.6 Å². The minimum Gasteiger partial charge on any atom is -0.352 e. The first-order chi connectivity index (χ1) is 14.9. The second kappa shape index (κ2) is 8.91. The van der Waals surface area contributed by atoms with E-state index in [2.05, 4.69) is 15.7 Å². The van der Waals surface area contributed by atoms with Crippen molar-refractivity contribution in [3.8, 4) is 0 Å². The highest BCUT2D eigenvalue weighted by atomic mass is 16.2. The van der Waals surface area contributed by atoms with Gasteiger partial charge in [-0.25, -0.2) is 0 Å². The number of rotatable bonds is 7. The molecule has 1 fully saturated rings. The number of aryl methyl sites for hydroxylation is 1. The molecule has 2 aliphatic rings. The van der Waals surface area contributed by atoms with E-state index in [1.54, 1.807) is 9.58 Å². The average Bonchev–Trinajstić information content (AvgIpc) is 3.48. The molecule has 1 aromatic carbocycles. The SMILES string of the molecule is CC(C)C(NC(=O)c1cc2n(n1)CCCN(Cc1ccccc1)C2=O)C(=O)NC1CC1. The average molecular weight is 424 g/mol. The zero-order valence-corrected chi connectivity index (χ0v) is 18.0. The van der Waals surface area contributed by atoms with Gasteiger partial charge in [0.1, 0.15) is 11.7 Å². The third-order valence-corrected chi connectivity index (χ3v) is 5.69. The Morgan fingerprint density at radius 2 is 1.90 bits per heavy atom. The van der Waals surface area contributed by atoms with Crippen LogP contribution in [-0.4, -0.2) is 51.0 Å². The molecule has 1 saturated carbocycles. The van der Waals surface area contributed by atoms with Gasteiger partial charge in [0.2, 0.25) is 5.91 Å². The Hall–Kier alpha value is -3.16. The molecule has 1 atom stereocenters. The summed E-state index contributed by atoms with van der Waals surface area (Å²) in [4.78, 5) is 40.3. The van der Waals surface area contributed by atoms with Gasteiger partial charge in [0.25, 0.3) is 11.8 Å². The Morgan fingerprint density at radius 3 is 2.58 bits per heavy atom. The fraction of sp³-hybridized carbons (Fsp3) is 0.478. The van der Waals surface area contributed by atoms with Gasteiger partial charge in [0.15, 0.2) is 5.69 Å². The molecule has 0 radical (unpaired) electrons. The van der Waals surface area contributed by atoms with Gasteiger partial charge < -0.3 is 15.5 Å². The summed E-state index contributed by atoms with van der Waals surface area (Å²) in [5, 5.41) is 10.1. The number of nitrogens with zero attached hydrogens (tertiary/aromatic N) is 3. The number of benzene rings is 1. The van der Waals surface area contributed by atoms with Crippen LogP contribution in [0.1, 0.15) is 59.7 Å². The summed E-state index contributed by atoms with van der Waals surface area (Å²) in [6.07, 6.45) is 2.73. The summed E-state index contributed by atoms with van der Waals surface area (Å²) >= 11 is 0. The molecule has 31 heavy (non-hydrogen) atoms. The van der Waals surface area contributed by atoms with Crippen molar-refractivity contribution in [3.63, 3.8) is 0 Å². The van der Waals surface area contributed by atoms with E-state index in [4.69, 9.17) is 0 Å². The minimum atomic E-state index is -0.639. The van der Waals surface area contributed by atoms with Gasteiger partial charge in [-0.3, -0.25) is 19.1 Å². The van der Waals surface area contributed by atoms with Crippen LogP contribution in [0.4, 0.5) is 0 Å². The van der Waals surface area contributed by atoms with Crippen LogP contribution in [0.15, 0.2) is 36.4 Å². The monoisotopic (exact) mass is 423 g/mol. The number of carbonyl (C=O) groups is 3. The lowest BCUT2D eigenvalue weighted by molar-refractivity contribution is -0.124. The molecule has 0 saturated heterocycles. The molecule has 1 aliphatic heterocycles. The predicted molar refractivity (Wildman–Crippen MR) is 115 cm³/mol. The van der Waals surface area contributed by atoms with E-state index >= 15 is 0 Å². The number of fused-ring (bicyclic) bond motifs is 1. The maximum atomic E-state index is 13.1. The molecule has 3 amide bonds. The molecule has 1 aromatic heterocycles. The van der Waals surface area contributed by atoms with E-state index in [1.807, 2.05) is 44.2 Å². The first kappa shape index (κ1) is 21.1. The largest absolute Gasteiger partial charge is 0.352 e. The predicted octanol–water partition coefficient (Wildman–Crippen LogP) is 1.96. The van der Waals surface area contributed by atoms with Gasteiger partial charge in [0.05, 0.1) is 0 Å². The minimum absolute atomic E-state index is 0.0638. The van der Waals surface area contributed by atoms with Crippen LogP contribution in [0.5, 0.6) is 0 Å². The first-order valence-electron chi connectivity index (χ1n) is 10.9. The lowest BCUT2D eigenvalue weighted by Crippen LogP contribution is -2.50. The smallest absolute Gasteiger partial charge is 0.272 e. The van der Waals surface area contributed by atoms with Crippen LogP contribution in [0.3, 0.4) is 0 Å². The quantitative estimate of drug-likeness (QED) is 0.712. The molecule has 2 aromatic rings. The van der Waals surface area contributed by atoms with Gasteiger partial charge >= 0.3 is 0 Å². The highest BCUT2D eigenvalue weighted by Crippen LogP contribution is 2.20. The molecule has 0 bridgehead atoms. The third kappa shape index (κ3) is 4.95. The summed E-state index contributed by atoms with van der Waals surface area (Å²) in [6, 6.07) is 11.0. The molecule has 4 rings (SSSR count). The Bertz CT molecular complexity index is 965. The van der Waals surface area contributed by atoms with E-state index in [0.717, 1.165) is 24.8 Å². The van der Waals surface area contributed by atoms with Gasteiger partial charge in [-0.1, -0.05) is 44.2 Å². The molecule has 8 nitrogen and oxygen atoms in total. The van der Waals surface area contributed by atoms with Crippen LogP contribution >= 0.6 is 0 Å². The van der Waals surface area contributed by atoms with Crippen molar-refractivity contribution in [1.82, 2.24) is 25.3 Å². The lowest BCUT2D eigenvalue weighted by Gasteiger charge is -2.21. The topological polar surface area (TPSA) is 96.3 Å². The van der Waals surface area contributed by atoms with Crippen molar-refractivity contribution in [1.29, 1.82) is 0 Å². The van der Waals surface area contributed by atoms with Crippen molar-refractivity contribution < 1.29 is 14.4 Å². The molecular formula is C23H29N5O3. The normalized spacial score (nSPS) is 17.1. The van der Waals surface area contributed by atoms with Crippen LogP contribution in [0, 0.1) is 5.92 Å². The number of hydrogen-bond acceptors (Lipinski definition) is 4. The highest BCUT2D eigenvalue weighted by molar-refractivity contribution is 5.99. The van der Waals surface area contributed by atoms with Gasteiger partial charge in [-0.05, 0) is 30.7 Å². The Morgan fingerprint density at radius 1 is 1.16 bits per heavy atom. The van der Waals surface area contributed by atoms with E-state index in [0.29, 0.717) is 25.3 Å². The molecule has 8 heteroatoms. The number of carbonyl (C=O) groups excluding carboxylic acids is 3. The van der Waals surface area contributed by atoms with Crippen molar-refractivity contribution in [2.75, 3.05) is 6.54 Å². The summed E-state index contributed by atoms with van der Waals surface area (Å²) < 4.78 is 1.61. The van der Waals surface area contributed by atoms with Gasteiger partial charge in [-0.15, -0.1) is 0 Å².